The Labute approximate surface area is 173 Å². The highest BCUT2D eigenvalue weighted by Gasteiger charge is 2.34. The Hall–Kier alpha value is -2.89. The molecular weight excluding hydrogens is 366 g/mol. The number of rotatable bonds is 7. The van der Waals surface area contributed by atoms with E-state index in [4.69, 9.17) is 24.9 Å². The molecule has 0 radical (unpaired) electrons. The first-order valence-corrected chi connectivity index (χ1v) is 10.0. The Kier molecular flexibility index (Phi) is 6.86. The maximum atomic E-state index is 6.20. The van der Waals surface area contributed by atoms with Crippen LogP contribution in [0.15, 0.2) is 47.5 Å². The molecule has 1 aliphatic carbocycles. The van der Waals surface area contributed by atoms with Gasteiger partial charge in [-0.25, -0.2) is 0 Å². The minimum atomic E-state index is -0.0377. The highest BCUT2D eigenvalue weighted by atomic mass is 16.5. The largest absolute Gasteiger partial charge is 0.497 e. The van der Waals surface area contributed by atoms with E-state index in [0.29, 0.717) is 12.5 Å². The van der Waals surface area contributed by atoms with Crippen LogP contribution in [0.4, 0.5) is 5.69 Å². The van der Waals surface area contributed by atoms with Gasteiger partial charge in [0.15, 0.2) is 17.5 Å². The van der Waals surface area contributed by atoms with E-state index in [0.717, 1.165) is 35.8 Å². The van der Waals surface area contributed by atoms with Gasteiger partial charge in [0.2, 0.25) is 0 Å². The second-order valence-corrected chi connectivity index (χ2v) is 7.47. The zero-order chi connectivity index (χ0) is 20.7. The van der Waals surface area contributed by atoms with Crippen LogP contribution in [0.3, 0.4) is 0 Å². The van der Waals surface area contributed by atoms with E-state index in [1.807, 2.05) is 30.3 Å². The Morgan fingerprint density at radius 1 is 0.931 bits per heavy atom. The van der Waals surface area contributed by atoms with E-state index in [9.17, 15) is 0 Å². The smallest absolute Gasteiger partial charge is 0.193 e. The summed E-state index contributed by atoms with van der Waals surface area (Å²) in [6, 6.07) is 13.8. The number of hydrogen-bond acceptors (Lipinski definition) is 4. The molecule has 156 valence electrons. The third-order valence-electron chi connectivity index (χ3n) is 5.72. The summed E-state index contributed by atoms with van der Waals surface area (Å²) in [6.45, 7) is 0.636. The van der Waals surface area contributed by atoms with Crippen molar-refractivity contribution in [2.75, 3.05) is 33.2 Å². The molecule has 0 unspecified atom stereocenters. The van der Waals surface area contributed by atoms with Crippen molar-refractivity contribution in [3.63, 3.8) is 0 Å². The molecular formula is C23H31N3O3. The van der Waals surface area contributed by atoms with Gasteiger partial charge in [-0.3, -0.25) is 4.99 Å². The Balaban J connectivity index is 1.80. The first-order valence-electron chi connectivity index (χ1n) is 10.0. The molecule has 0 saturated heterocycles. The predicted octanol–water partition coefficient (Wildman–Crippen LogP) is 4.34. The normalized spacial score (nSPS) is 16.2. The van der Waals surface area contributed by atoms with Gasteiger partial charge in [0.25, 0.3) is 0 Å². The monoisotopic (exact) mass is 397 g/mol. The molecule has 0 heterocycles. The molecule has 6 nitrogen and oxygen atoms in total. The quantitative estimate of drug-likeness (QED) is 0.537. The molecule has 6 heteroatoms. The number of benzene rings is 2. The van der Waals surface area contributed by atoms with Crippen molar-refractivity contribution >= 4 is 11.6 Å². The summed E-state index contributed by atoms with van der Waals surface area (Å²) in [6.07, 6.45) is 5.81. The zero-order valence-corrected chi connectivity index (χ0v) is 17.5. The summed E-state index contributed by atoms with van der Waals surface area (Å²) in [5, 5.41) is 3.17. The van der Waals surface area contributed by atoms with Gasteiger partial charge < -0.3 is 25.3 Å². The Bertz CT molecular complexity index is 828. The third-order valence-corrected chi connectivity index (χ3v) is 5.72. The number of ether oxygens (including phenoxy) is 3. The average Bonchev–Trinajstić information content (AvgIpc) is 2.78. The molecule has 0 spiro atoms. The van der Waals surface area contributed by atoms with Gasteiger partial charge >= 0.3 is 0 Å². The number of anilines is 1. The lowest BCUT2D eigenvalue weighted by Gasteiger charge is -2.37. The first kappa shape index (κ1) is 20.8. The van der Waals surface area contributed by atoms with Crippen molar-refractivity contribution in [1.82, 2.24) is 0 Å². The van der Waals surface area contributed by atoms with Crippen LogP contribution in [0, 0.1) is 0 Å². The maximum absolute atomic E-state index is 6.20. The van der Waals surface area contributed by atoms with Crippen LogP contribution in [-0.2, 0) is 5.41 Å². The molecule has 29 heavy (non-hydrogen) atoms. The van der Waals surface area contributed by atoms with E-state index < -0.39 is 0 Å². The molecule has 0 aliphatic heterocycles. The lowest BCUT2D eigenvalue weighted by Crippen LogP contribution is -2.34. The molecule has 1 fully saturated rings. The first-order chi connectivity index (χ1) is 14.1. The number of nitrogens with zero attached hydrogens (tertiary/aromatic N) is 1. The molecule has 3 rings (SSSR count). The van der Waals surface area contributed by atoms with Gasteiger partial charge in [-0.2, -0.15) is 0 Å². The van der Waals surface area contributed by atoms with E-state index >= 15 is 0 Å². The number of nitrogens with two attached hydrogens (primary N) is 1. The fraction of sp³-hybridized carbons (Fsp3) is 0.435. The molecule has 1 aliphatic rings. The lowest BCUT2D eigenvalue weighted by atomic mass is 9.69. The van der Waals surface area contributed by atoms with Crippen LogP contribution in [0.2, 0.25) is 0 Å². The number of hydrogen-bond donors (Lipinski definition) is 2. The van der Waals surface area contributed by atoms with Crippen molar-refractivity contribution in [1.29, 1.82) is 0 Å². The molecule has 1 saturated carbocycles. The summed E-state index contributed by atoms with van der Waals surface area (Å²) in [7, 11) is 4.98. The van der Waals surface area contributed by atoms with Crippen molar-refractivity contribution in [2.45, 2.75) is 37.5 Å². The standard InChI is InChI=1S/C23H31N3O3/c1-27-19-10-8-18(9-11-19)26-22(24)25-16-23(13-5-4-6-14-23)17-7-12-20(28-2)21(15-17)29-3/h7-12,15H,4-6,13-14,16H2,1-3H3,(H3,24,25,26). The van der Waals surface area contributed by atoms with Gasteiger partial charge in [-0.15, -0.1) is 0 Å². The highest BCUT2D eigenvalue weighted by molar-refractivity contribution is 5.92. The third kappa shape index (κ3) is 4.94. The zero-order valence-electron chi connectivity index (χ0n) is 17.5. The molecule has 2 aromatic carbocycles. The number of nitrogens with one attached hydrogen (secondary N) is 1. The molecule has 3 N–H and O–H groups in total. The van der Waals surface area contributed by atoms with Crippen molar-refractivity contribution in [3.8, 4) is 17.2 Å². The Morgan fingerprint density at radius 2 is 1.62 bits per heavy atom. The van der Waals surface area contributed by atoms with Crippen LogP contribution in [0.1, 0.15) is 37.7 Å². The van der Waals surface area contributed by atoms with Crippen molar-refractivity contribution in [2.24, 2.45) is 10.7 Å². The number of methoxy groups -OCH3 is 3. The highest BCUT2D eigenvalue weighted by Crippen LogP contribution is 2.42. The Morgan fingerprint density at radius 3 is 2.24 bits per heavy atom. The molecule has 2 aromatic rings. The van der Waals surface area contributed by atoms with Crippen LogP contribution in [0.5, 0.6) is 17.2 Å². The van der Waals surface area contributed by atoms with Crippen LogP contribution in [-0.4, -0.2) is 33.8 Å². The minimum Gasteiger partial charge on any atom is -0.497 e. The van der Waals surface area contributed by atoms with Crippen molar-refractivity contribution < 1.29 is 14.2 Å². The van der Waals surface area contributed by atoms with Gasteiger partial charge in [-0.1, -0.05) is 25.3 Å². The minimum absolute atomic E-state index is 0.0377. The van der Waals surface area contributed by atoms with Gasteiger partial charge in [-0.05, 0) is 54.8 Å². The summed E-state index contributed by atoms with van der Waals surface area (Å²) < 4.78 is 16.1. The van der Waals surface area contributed by atoms with E-state index in [1.54, 1.807) is 21.3 Å². The SMILES string of the molecule is COc1ccc(NC(N)=NCC2(c3ccc(OC)c(OC)c3)CCCCC2)cc1. The predicted molar refractivity (Wildman–Crippen MR) is 117 cm³/mol. The van der Waals surface area contributed by atoms with Gasteiger partial charge in [0.05, 0.1) is 27.9 Å². The van der Waals surface area contributed by atoms with E-state index in [-0.39, 0.29) is 5.41 Å². The maximum Gasteiger partial charge on any atom is 0.193 e. The summed E-state index contributed by atoms with van der Waals surface area (Å²) in [4.78, 5) is 4.71. The summed E-state index contributed by atoms with van der Waals surface area (Å²) in [5.74, 6) is 2.72. The van der Waals surface area contributed by atoms with Crippen LogP contribution < -0.4 is 25.3 Å². The van der Waals surface area contributed by atoms with Crippen LogP contribution in [0.25, 0.3) is 0 Å². The lowest BCUT2D eigenvalue weighted by molar-refractivity contribution is 0.298. The van der Waals surface area contributed by atoms with Crippen LogP contribution >= 0.6 is 0 Å². The average molecular weight is 398 g/mol. The molecule has 0 atom stereocenters. The second-order valence-electron chi connectivity index (χ2n) is 7.47. The fourth-order valence-electron chi connectivity index (χ4n) is 4.03. The molecule has 0 aromatic heterocycles. The molecule has 0 amide bonds. The van der Waals surface area contributed by atoms with Gasteiger partial charge in [0, 0.05) is 11.1 Å². The number of guanidine groups is 1. The van der Waals surface area contributed by atoms with E-state index in [1.165, 1.54) is 24.8 Å². The topological polar surface area (TPSA) is 78.1 Å². The number of aliphatic imine (C=N–C) groups is 1. The van der Waals surface area contributed by atoms with Crippen molar-refractivity contribution in [3.05, 3.63) is 48.0 Å². The molecule has 0 bridgehead atoms. The summed E-state index contributed by atoms with van der Waals surface area (Å²) in [5.41, 5.74) is 8.27. The van der Waals surface area contributed by atoms with E-state index in [2.05, 4.69) is 17.4 Å². The fourth-order valence-corrected chi connectivity index (χ4v) is 4.03. The van der Waals surface area contributed by atoms with Gasteiger partial charge in [0.1, 0.15) is 5.75 Å². The summed E-state index contributed by atoms with van der Waals surface area (Å²) >= 11 is 0. The second kappa shape index (κ2) is 9.54.